The van der Waals surface area contributed by atoms with Gasteiger partial charge in [-0.05, 0) is 31.2 Å². The lowest BCUT2D eigenvalue weighted by atomic mass is 10.1. The summed E-state index contributed by atoms with van der Waals surface area (Å²) in [4.78, 5) is 15.4. The van der Waals surface area contributed by atoms with Crippen molar-refractivity contribution in [2.45, 2.75) is 38.6 Å². The number of nitrogens with zero attached hydrogens (tertiary/aromatic N) is 1. The van der Waals surface area contributed by atoms with Gasteiger partial charge in [0.05, 0.1) is 6.54 Å². The monoisotopic (exact) mass is 276 g/mol. The molecular formula is C15H20N2OS. The molecule has 0 radical (unpaired) electrons. The van der Waals surface area contributed by atoms with Gasteiger partial charge in [-0.25, -0.2) is 0 Å². The number of carbonyl (C=O) groups is 1. The van der Waals surface area contributed by atoms with Crippen LogP contribution < -0.4 is 5.73 Å². The predicted octanol–water partition coefficient (Wildman–Crippen LogP) is 2.46. The average molecular weight is 276 g/mol. The highest BCUT2D eigenvalue weighted by Crippen LogP contribution is 2.23. The van der Waals surface area contributed by atoms with Crippen LogP contribution in [0.5, 0.6) is 0 Å². The summed E-state index contributed by atoms with van der Waals surface area (Å²) in [5.74, 6) is 5.95. The molecule has 0 aliphatic carbocycles. The Bertz CT molecular complexity index is 498. The van der Waals surface area contributed by atoms with E-state index in [2.05, 4.69) is 18.8 Å². The molecule has 0 bridgehead atoms. The highest BCUT2D eigenvalue weighted by molar-refractivity contribution is 7.12. The first kappa shape index (κ1) is 14.1. The van der Waals surface area contributed by atoms with Crippen LogP contribution in [0.1, 0.15) is 47.8 Å². The zero-order valence-corrected chi connectivity index (χ0v) is 12.1. The molecule has 0 aromatic carbocycles. The van der Waals surface area contributed by atoms with Crippen LogP contribution in [-0.2, 0) is 0 Å². The molecule has 1 amide bonds. The normalized spacial score (nSPS) is 19.5. The molecule has 1 aromatic heterocycles. The molecule has 2 N–H and O–H groups in total. The van der Waals surface area contributed by atoms with Gasteiger partial charge in [-0.15, -0.1) is 11.3 Å². The van der Waals surface area contributed by atoms with Crippen molar-refractivity contribution in [1.82, 2.24) is 4.90 Å². The number of thiophene rings is 1. The van der Waals surface area contributed by atoms with Crippen LogP contribution in [0.15, 0.2) is 11.4 Å². The zero-order chi connectivity index (χ0) is 13.7. The molecule has 102 valence electrons. The standard InChI is InChI=1S/C15H20N2OS/c1-12-6-3-2-4-10-17(12)15(18)14-13(7-5-9-16)8-11-19-14/h8,11-12H,2-4,6,9-10,16H2,1H3. The van der Waals surface area contributed by atoms with Crippen LogP contribution in [0.25, 0.3) is 0 Å². The summed E-state index contributed by atoms with van der Waals surface area (Å²) in [5, 5.41) is 1.93. The van der Waals surface area contributed by atoms with Gasteiger partial charge in [0.25, 0.3) is 5.91 Å². The van der Waals surface area contributed by atoms with E-state index >= 15 is 0 Å². The van der Waals surface area contributed by atoms with Crippen molar-refractivity contribution < 1.29 is 4.79 Å². The number of likely N-dealkylation sites (tertiary alicyclic amines) is 1. The Morgan fingerprint density at radius 3 is 3.16 bits per heavy atom. The second-order valence-electron chi connectivity index (χ2n) is 4.87. The Labute approximate surface area is 118 Å². The smallest absolute Gasteiger partial charge is 0.265 e. The maximum atomic E-state index is 12.6. The van der Waals surface area contributed by atoms with Gasteiger partial charge in [-0.2, -0.15) is 0 Å². The van der Waals surface area contributed by atoms with Crippen molar-refractivity contribution in [2.75, 3.05) is 13.1 Å². The Morgan fingerprint density at radius 2 is 2.37 bits per heavy atom. The van der Waals surface area contributed by atoms with E-state index in [0.717, 1.165) is 29.8 Å². The lowest BCUT2D eigenvalue weighted by Crippen LogP contribution is -2.38. The van der Waals surface area contributed by atoms with Crippen LogP contribution >= 0.6 is 11.3 Å². The molecule has 0 spiro atoms. The Balaban J connectivity index is 2.20. The number of hydrogen-bond donors (Lipinski definition) is 1. The SMILES string of the molecule is CC1CCCCCN1C(=O)c1sccc1C#CCN. The van der Waals surface area contributed by atoms with E-state index in [4.69, 9.17) is 5.73 Å². The second-order valence-corrected chi connectivity index (χ2v) is 5.78. The highest BCUT2D eigenvalue weighted by Gasteiger charge is 2.25. The van der Waals surface area contributed by atoms with E-state index in [1.54, 1.807) is 0 Å². The molecule has 1 atom stereocenters. The summed E-state index contributed by atoms with van der Waals surface area (Å²) in [7, 11) is 0. The summed E-state index contributed by atoms with van der Waals surface area (Å²) < 4.78 is 0. The summed E-state index contributed by atoms with van der Waals surface area (Å²) in [6, 6.07) is 2.23. The second kappa shape index (κ2) is 6.74. The molecule has 3 nitrogen and oxygen atoms in total. The third-order valence-corrected chi connectivity index (χ3v) is 4.40. The third kappa shape index (κ3) is 3.37. The van der Waals surface area contributed by atoms with Crippen LogP contribution in [-0.4, -0.2) is 29.9 Å². The fourth-order valence-corrected chi connectivity index (χ4v) is 3.23. The molecule has 0 saturated carbocycles. The third-order valence-electron chi connectivity index (χ3n) is 3.50. The average Bonchev–Trinajstić information content (AvgIpc) is 2.77. The molecule has 2 rings (SSSR count). The Morgan fingerprint density at radius 1 is 1.53 bits per heavy atom. The van der Waals surface area contributed by atoms with E-state index in [9.17, 15) is 4.79 Å². The van der Waals surface area contributed by atoms with Gasteiger partial charge in [-0.3, -0.25) is 4.79 Å². The van der Waals surface area contributed by atoms with Crippen molar-refractivity contribution in [3.63, 3.8) is 0 Å². The summed E-state index contributed by atoms with van der Waals surface area (Å²) in [5.41, 5.74) is 6.21. The Kier molecular flexibility index (Phi) is 5.00. The quantitative estimate of drug-likeness (QED) is 0.801. The van der Waals surface area contributed by atoms with Gasteiger partial charge in [0.2, 0.25) is 0 Å². The van der Waals surface area contributed by atoms with Gasteiger partial charge in [0.15, 0.2) is 0 Å². The summed E-state index contributed by atoms with van der Waals surface area (Å²) >= 11 is 1.48. The van der Waals surface area contributed by atoms with Gasteiger partial charge < -0.3 is 10.6 Å². The summed E-state index contributed by atoms with van der Waals surface area (Å²) in [6.07, 6.45) is 4.64. The first-order valence-corrected chi connectivity index (χ1v) is 7.69. The van der Waals surface area contributed by atoms with Crippen LogP contribution in [0.3, 0.4) is 0 Å². The molecule has 4 heteroatoms. The van der Waals surface area contributed by atoms with Crippen molar-refractivity contribution in [1.29, 1.82) is 0 Å². The minimum atomic E-state index is 0.130. The number of nitrogens with two attached hydrogens (primary N) is 1. The first-order valence-electron chi connectivity index (χ1n) is 6.81. The first-order chi connectivity index (χ1) is 9.24. The topological polar surface area (TPSA) is 46.3 Å². The number of amides is 1. The van der Waals surface area contributed by atoms with E-state index in [1.807, 2.05) is 16.3 Å². The lowest BCUT2D eigenvalue weighted by Gasteiger charge is -2.26. The van der Waals surface area contributed by atoms with Gasteiger partial charge in [-0.1, -0.05) is 24.7 Å². The predicted molar refractivity (Wildman–Crippen MR) is 79.2 cm³/mol. The van der Waals surface area contributed by atoms with E-state index in [1.165, 1.54) is 24.2 Å². The van der Waals surface area contributed by atoms with Crippen LogP contribution in [0, 0.1) is 11.8 Å². The van der Waals surface area contributed by atoms with Crippen molar-refractivity contribution in [3.05, 3.63) is 21.9 Å². The minimum absolute atomic E-state index is 0.130. The molecular weight excluding hydrogens is 256 g/mol. The fraction of sp³-hybridized carbons (Fsp3) is 0.533. The molecule has 1 aliphatic heterocycles. The lowest BCUT2D eigenvalue weighted by molar-refractivity contribution is 0.0702. The van der Waals surface area contributed by atoms with Crippen molar-refractivity contribution in [3.8, 4) is 11.8 Å². The van der Waals surface area contributed by atoms with Crippen molar-refractivity contribution in [2.24, 2.45) is 5.73 Å². The highest BCUT2D eigenvalue weighted by atomic mass is 32.1. The maximum Gasteiger partial charge on any atom is 0.265 e. The molecule has 2 heterocycles. The molecule has 1 fully saturated rings. The van der Waals surface area contributed by atoms with Crippen LogP contribution in [0.2, 0.25) is 0 Å². The number of hydrogen-bond acceptors (Lipinski definition) is 3. The number of carbonyl (C=O) groups excluding carboxylic acids is 1. The minimum Gasteiger partial charge on any atom is -0.335 e. The Hall–Kier alpha value is -1.31. The van der Waals surface area contributed by atoms with Crippen molar-refractivity contribution >= 4 is 17.2 Å². The van der Waals surface area contributed by atoms with E-state index in [-0.39, 0.29) is 5.91 Å². The van der Waals surface area contributed by atoms with E-state index < -0.39 is 0 Å². The molecule has 1 saturated heterocycles. The molecule has 1 aliphatic rings. The maximum absolute atomic E-state index is 12.6. The van der Waals surface area contributed by atoms with Crippen LogP contribution in [0.4, 0.5) is 0 Å². The molecule has 1 aromatic rings. The zero-order valence-electron chi connectivity index (χ0n) is 11.3. The van der Waals surface area contributed by atoms with Gasteiger partial charge in [0.1, 0.15) is 4.88 Å². The fourth-order valence-electron chi connectivity index (χ4n) is 2.43. The number of rotatable bonds is 1. The largest absolute Gasteiger partial charge is 0.335 e. The molecule has 1 unspecified atom stereocenters. The summed E-state index contributed by atoms with van der Waals surface area (Å²) in [6.45, 7) is 3.33. The van der Waals surface area contributed by atoms with Gasteiger partial charge in [0, 0.05) is 18.2 Å². The van der Waals surface area contributed by atoms with E-state index in [0.29, 0.717) is 12.6 Å². The van der Waals surface area contributed by atoms with Gasteiger partial charge >= 0.3 is 0 Å². The molecule has 19 heavy (non-hydrogen) atoms.